The van der Waals surface area contributed by atoms with Gasteiger partial charge in [0, 0.05) is 43.5 Å². The van der Waals surface area contributed by atoms with Gasteiger partial charge in [-0.05, 0) is 43.2 Å². The summed E-state index contributed by atoms with van der Waals surface area (Å²) in [6, 6.07) is 8.34. The predicted molar refractivity (Wildman–Crippen MR) is 103 cm³/mol. The molecule has 4 nitrogen and oxygen atoms in total. The van der Waals surface area contributed by atoms with E-state index in [0.717, 1.165) is 69.4 Å². The Bertz CT molecular complexity index is 903. The summed E-state index contributed by atoms with van der Waals surface area (Å²) in [7, 11) is 0. The smallest absolute Gasteiger partial charge is 0.251 e. The van der Waals surface area contributed by atoms with Gasteiger partial charge in [0.15, 0.2) is 0 Å². The number of pyridine rings is 1. The zero-order valence-electron chi connectivity index (χ0n) is 15.4. The van der Waals surface area contributed by atoms with E-state index in [2.05, 4.69) is 23.1 Å². The van der Waals surface area contributed by atoms with Crippen LogP contribution in [0.5, 0.6) is 0 Å². The zero-order chi connectivity index (χ0) is 17.7. The number of benzene rings is 1. The molecule has 1 aromatic carbocycles. The number of aliphatic hydroxyl groups is 1. The fraction of sp³-hybridized carbons (Fsp3) is 0.591. The van der Waals surface area contributed by atoms with Crippen LogP contribution in [0.25, 0.3) is 10.9 Å². The van der Waals surface area contributed by atoms with E-state index >= 15 is 0 Å². The summed E-state index contributed by atoms with van der Waals surface area (Å²) in [5.74, 6) is 0.395. The van der Waals surface area contributed by atoms with E-state index in [4.69, 9.17) is 0 Å². The van der Waals surface area contributed by atoms with E-state index in [0.29, 0.717) is 5.92 Å². The Labute approximate surface area is 154 Å². The molecule has 0 unspecified atom stereocenters. The number of rotatable bonds is 2. The van der Waals surface area contributed by atoms with Crippen LogP contribution in [0.3, 0.4) is 0 Å². The second kappa shape index (κ2) is 6.21. The molecule has 1 saturated carbocycles. The summed E-state index contributed by atoms with van der Waals surface area (Å²) in [4.78, 5) is 15.2. The molecule has 1 aliphatic carbocycles. The van der Waals surface area contributed by atoms with Gasteiger partial charge in [-0.1, -0.05) is 31.0 Å². The molecule has 1 saturated heterocycles. The second-order valence-corrected chi connectivity index (χ2v) is 8.61. The lowest BCUT2D eigenvalue weighted by Gasteiger charge is -2.47. The highest BCUT2D eigenvalue weighted by Gasteiger charge is 2.42. The Morgan fingerprint density at radius 2 is 2.08 bits per heavy atom. The first-order valence-corrected chi connectivity index (χ1v) is 10.2. The number of hydrogen-bond acceptors (Lipinski definition) is 3. The van der Waals surface area contributed by atoms with Crippen molar-refractivity contribution in [2.75, 3.05) is 13.1 Å². The summed E-state index contributed by atoms with van der Waals surface area (Å²) in [6.45, 7) is 3.55. The van der Waals surface area contributed by atoms with Crippen LogP contribution >= 0.6 is 0 Å². The van der Waals surface area contributed by atoms with Crippen LogP contribution in [0.4, 0.5) is 0 Å². The highest BCUT2D eigenvalue weighted by atomic mass is 16.3. The molecule has 3 heterocycles. The summed E-state index contributed by atoms with van der Waals surface area (Å²) < 4.78 is 1.97. The first kappa shape index (κ1) is 16.5. The zero-order valence-corrected chi connectivity index (χ0v) is 15.4. The minimum Gasteiger partial charge on any atom is -0.390 e. The average molecular weight is 352 g/mol. The van der Waals surface area contributed by atoms with Gasteiger partial charge in [0.05, 0.1) is 11.1 Å². The van der Waals surface area contributed by atoms with Gasteiger partial charge in [-0.3, -0.25) is 9.69 Å². The van der Waals surface area contributed by atoms with E-state index < -0.39 is 5.60 Å². The summed E-state index contributed by atoms with van der Waals surface area (Å²) in [5, 5.41) is 12.2. The molecule has 0 bridgehead atoms. The molecule has 2 aliphatic heterocycles. The Morgan fingerprint density at radius 3 is 3.00 bits per heavy atom. The maximum atomic E-state index is 12.7. The van der Waals surface area contributed by atoms with Gasteiger partial charge in [-0.2, -0.15) is 0 Å². The average Bonchev–Trinajstić information content (AvgIpc) is 2.66. The molecule has 2 aromatic rings. The third kappa shape index (κ3) is 2.62. The maximum absolute atomic E-state index is 12.7. The van der Waals surface area contributed by atoms with Crippen LogP contribution in [0.15, 0.2) is 29.1 Å². The quantitative estimate of drug-likeness (QED) is 0.903. The Hall–Kier alpha value is -1.65. The summed E-state index contributed by atoms with van der Waals surface area (Å²) >= 11 is 0. The fourth-order valence-corrected chi connectivity index (χ4v) is 5.59. The number of fused-ring (bicyclic) bond motifs is 1. The lowest BCUT2D eigenvalue weighted by Crippen LogP contribution is -2.53. The van der Waals surface area contributed by atoms with Crippen molar-refractivity contribution in [1.82, 2.24) is 9.47 Å². The van der Waals surface area contributed by atoms with Crippen molar-refractivity contribution in [2.45, 2.75) is 63.6 Å². The third-order valence-corrected chi connectivity index (χ3v) is 7.03. The lowest BCUT2D eigenvalue weighted by atomic mass is 9.71. The molecule has 4 heteroatoms. The van der Waals surface area contributed by atoms with Crippen molar-refractivity contribution < 1.29 is 5.11 Å². The summed E-state index contributed by atoms with van der Waals surface area (Å²) in [6.07, 6.45) is 7.50. The number of aromatic nitrogens is 1. The molecule has 1 N–H and O–H groups in total. The maximum Gasteiger partial charge on any atom is 0.251 e. The van der Waals surface area contributed by atoms with Crippen molar-refractivity contribution in [3.8, 4) is 0 Å². The Balaban J connectivity index is 1.48. The highest BCUT2D eigenvalue weighted by molar-refractivity contribution is 5.86. The normalized spacial score (nSPS) is 28.9. The van der Waals surface area contributed by atoms with Crippen molar-refractivity contribution in [2.24, 2.45) is 5.92 Å². The monoisotopic (exact) mass is 352 g/mol. The standard InChI is InChI=1S/C22H28N2O2/c25-20-13-17(19-8-3-5-16-6-4-11-24(20)21(16)19)14-23-12-10-22(26)9-2-1-7-18(22)15-23/h3,5,8,13,18,26H,1-2,4,6-7,9-12,14-15H2/t18-,22-/m0/s1. The van der Waals surface area contributed by atoms with Crippen molar-refractivity contribution in [1.29, 1.82) is 0 Å². The van der Waals surface area contributed by atoms with Gasteiger partial charge in [0.1, 0.15) is 0 Å². The summed E-state index contributed by atoms with van der Waals surface area (Å²) in [5.41, 5.74) is 3.34. The van der Waals surface area contributed by atoms with Gasteiger partial charge in [-0.25, -0.2) is 0 Å². The van der Waals surface area contributed by atoms with Gasteiger partial charge in [0.25, 0.3) is 5.56 Å². The molecular weight excluding hydrogens is 324 g/mol. The number of para-hydroxylation sites is 1. The molecule has 138 valence electrons. The van der Waals surface area contributed by atoms with Gasteiger partial charge >= 0.3 is 0 Å². The molecule has 0 spiro atoms. The van der Waals surface area contributed by atoms with Crippen LogP contribution in [0, 0.1) is 5.92 Å². The number of nitrogens with zero attached hydrogens (tertiary/aromatic N) is 2. The van der Waals surface area contributed by atoms with Gasteiger partial charge in [-0.15, -0.1) is 0 Å². The first-order chi connectivity index (χ1) is 12.6. The minimum atomic E-state index is -0.436. The number of hydrogen-bond donors (Lipinski definition) is 1. The van der Waals surface area contributed by atoms with E-state index in [1.165, 1.54) is 23.8 Å². The van der Waals surface area contributed by atoms with Crippen molar-refractivity contribution in [3.05, 3.63) is 45.7 Å². The van der Waals surface area contributed by atoms with Crippen molar-refractivity contribution in [3.63, 3.8) is 0 Å². The third-order valence-electron chi connectivity index (χ3n) is 7.03. The lowest BCUT2D eigenvalue weighted by molar-refractivity contribution is -0.0967. The van der Waals surface area contributed by atoms with Crippen LogP contribution in [0.1, 0.15) is 49.7 Å². The molecule has 26 heavy (non-hydrogen) atoms. The predicted octanol–water partition coefficient (Wildman–Crippen LogP) is 3.07. The van der Waals surface area contributed by atoms with E-state index in [1.54, 1.807) is 0 Å². The number of aryl methyl sites for hydroxylation is 2. The van der Waals surface area contributed by atoms with Crippen LogP contribution in [-0.4, -0.2) is 33.3 Å². The van der Waals surface area contributed by atoms with Crippen LogP contribution in [0.2, 0.25) is 0 Å². The molecule has 2 fully saturated rings. The van der Waals surface area contributed by atoms with E-state index in [9.17, 15) is 9.90 Å². The minimum absolute atomic E-state index is 0.144. The largest absolute Gasteiger partial charge is 0.390 e. The number of likely N-dealkylation sites (tertiary alicyclic amines) is 1. The van der Waals surface area contributed by atoms with Crippen LogP contribution in [-0.2, 0) is 19.5 Å². The van der Waals surface area contributed by atoms with Gasteiger partial charge < -0.3 is 9.67 Å². The van der Waals surface area contributed by atoms with Gasteiger partial charge in [0.2, 0.25) is 0 Å². The molecule has 1 aromatic heterocycles. The topological polar surface area (TPSA) is 45.5 Å². The Kier molecular flexibility index (Phi) is 3.94. The molecule has 0 radical (unpaired) electrons. The molecule has 3 aliphatic rings. The molecular formula is C22H28N2O2. The first-order valence-electron chi connectivity index (χ1n) is 10.2. The van der Waals surface area contributed by atoms with Crippen molar-refractivity contribution >= 4 is 10.9 Å². The molecule has 2 atom stereocenters. The Morgan fingerprint density at radius 1 is 1.15 bits per heavy atom. The van der Waals surface area contributed by atoms with Crippen LogP contribution < -0.4 is 5.56 Å². The SMILES string of the molecule is O=c1cc(CN2CC[C@@]3(O)CCCC[C@H]3C2)c2cccc3c2n1CCC3. The second-order valence-electron chi connectivity index (χ2n) is 8.61. The van der Waals surface area contributed by atoms with E-state index in [1.807, 2.05) is 10.6 Å². The number of piperidine rings is 1. The fourth-order valence-electron chi connectivity index (χ4n) is 5.59. The van der Waals surface area contributed by atoms with E-state index in [-0.39, 0.29) is 5.56 Å². The molecule has 0 amide bonds. The molecule has 5 rings (SSSR count). The highest BCUT2D eigenvalue weighted by Crippen LogP contribution is 2.40.